The minimum Gasteiger partial charge on any atom is -0.497 e. The minimum absolute atomic E-state index is 0.292. The molecule has 0 saturated carbocycles. The fraction of sp³-hybridized carbons (Fsp3) is 0.368. The predicted molar refractivity (Wildman–Crippen MR) is 87.1 cm³/mol. The average molecular weight is 281 g/mol. The Morgan fingerprint density at radius 1 is 1.10 bits per heavy atom. The number of nitrogens with one attached hydrogen (secondary N) is 1. The molecule has 3 rings (SSSR count). The van der Waals surface area contributed by atoms with Gasteiger partial charge in [-0.15, -0.1) is 0 Å². The van der Waals surface area contributed by atoms with Crippen LogP contribution in [0.25, 0.3) is 0 Å². The van der Waals surface area contributed by atoms with Gasteiger partial charge in [-0.2, -0.15) is 0 Å². The molecular weight excluding hydrogens is 258 g/mol. The van der Waals surface area contributed by atoms with Gasteiger partial charge in [0, 0.05) is 6.54 Å². The monoisotopic (exact) mass is 281 g/mol. The maximum atomic E-state index is 5.34. The van der Waals surface area contributed by atoms with Gasteiger partial charge in [-0.3, -0.25) is 0 Å². The van der Waals surface area contributed by atoms with E-state index in [0.29, 0.717) is 12.0 Å². The predicted octanol–water partition coefficient (Wildman–Crippen LogP) is 4.05. The van der Waals surface area contributed by atoms with E-state index < -0.39 is 0 Å². The van der Waals surface area contributed by atoms with Gasteiger partial charge in [0.2, 0.25) is 0 Å². The van der Waals surface area contributed by atoms with Gasteiger partial charge in [-0.1, -0.05) is 44.2 Å². The fourth-order valence-electron chi connectivity index (χ4n) is 3.04. The van der Waals surface area contributed by atoms with Crippen LogP contribution in [0, 0.1) is 0 Å². The largest absolute Gasteiger partial charge is 0.497 e. The first kappa shape index (κ1) is 14.2. The number of fused-ring (bicyclic) bond motifs is 1. The molecule has 0 aromatic heterocycles. The summed E-state index contributed by atoms with van der Waals surface area (Å²) >= 11 is 0. The molecule has 2 aromatic rings. The molecule has 1 aliphatic heterocycles. The SMILES string of the molecule is COc1ccc2c(c1)CCNC2c1ccc(C(C)C)cc1. The summed E-state index contributed by atoms with van der Waals surface area (Å²) in [6.45, 7) is 5.47. The maximum Gasteiger partial charge on any atom is 0.119 e. The summed E-state index contributed by atoms with van der Waals surface area (Å²) in [6, 6.07) is 15.7. The highest BCUT2D eigenvalue weighted by Gasteiger charge is 2.21. The van der Waals surface area contributed by atoms with Crippen LogP contribution in [0.4, 0.5) is 0 Å². The first-order chi connectivity index (χ1) is 10.2. The zero-order chi connectivity index (χ0) is 14.8. The van der Waals surface area contributed by atoms with Crippen LogP contribution in [0.2, 0.25) is 0 Å². The number of ether oxygens (including phenoxy) is 1. The summed E-state index contributed by atoms with van der Waals surface area (Å²) in [4.78, 5) is 0. The normalized spacial score (nSPS) is 17.6. The van der Waals surface area contributed by atoms with E-state index in [1.807, 2.05) is 0 Å². The van der Waals surface area contributed by atoms with E-state index in [-0.39, 0.29) is 0 Å². The Bertz CT molecular complexity index is 616. The van der Waals surface area contributed by atoms with Gasteiger partial charge in [0.05, 0.1) is 13.2 Å². The molecule has 0 fully saturated rings. The van der Waals surface area contributed by atoms with Crippen molar-refractivity contribution in [1.29, 1.82) is 0 Å². The molecule has 2 heteroatoms. The second-order valence-corrected chi connectivity index (χ2v) is 6.02. The van der Waals surface area contributed by atoms with Crippen LogP contribution < -0.4 is 10.1 Å². The fourth-order valence-corrected chi connectivity index (χ4v) is 3.04. The number of hydrogen-bond acceptors (Lipinski definition) is 2. The molecule has 0 saturated heterocycles. The Hall–Kier alpha value is -1.80. The Morgan fingerprint density at radius 2 is 1.86 bits per heavy atom. The van der Waals surface area contributed by atoms with Crippen LogP contribution in [-0.4, -0.2) is 13.7 Å². The van der Waals surface area contributed by atoms with E-state index in [2.05, 4.69) is 61.6 Å². The van der Waals surface area contributed by atoms with Crippen molar-refractivity contribution in [1.82, 2.24) is 5.32 Å². The molecule has 1 unspecified atom stereocenters. The zero-order valence-electron chi connectivity index (χ0n) is 13.0. The lowest BCUT2D eigenvalue weighted by atomic mass is 9.89. The lowest BCUT2D eigenvalue weighted by Crippen LogP contribution is -2.30. The van der Waals surface area contributed by atoms with Crippen LogP contribution >= 0.6 is 0 Å². The van der Waals surface area contributed by atoms with Gasteiger partial charge >= 0.3 is 0 Å². The Morgan fingerprint density at radius 3 is 2.52 bits per heavy atom. The number of methoxy groups -OCH3 is 1. The van der Waals surface area contributed by atoms with E-state index in [9.17, 15) is 0 Å². The maximum absolute atomic E-state index is 5.34. The zero-order valence-corrected chi connectivity index (χ0v) is 13.0. The average Bonchev–Trinajstić information content (AvgIpc) is 2.53. The first-order valence-electron chi connectivity index (χ1n) is 7.69. The quantitative estimate of drug-likeness (QED) is 0.916. The molecule has 1 aliphatic rings. The lowest BCUT2D eigenvalue weighted by Gasteiger charge is -2.28. The first-order valence-corrected chi connectivity index (χ1v) is 7.69. The standard InChI is InChI=1S/C19H23NO/c1-13(2)14-4-6-15(7-5-14)19-18-9-8-17(21-3)12-16(18)10-11-20-19/h4-9,12-13,19-20H,10-11H2,1-3H3. The summed E-state index contributed by atoms with van der Waals surface area (Å²) in [7, 11) is 1.73. The molecule has 1 N–H and O–H groups in total. The molecule has 2 aromatic carbocycles. The second-order valence-electron chi connectivity index (χ2n) is 6.02. The van der Waals surface area contributed by atoms with Crippen molar-refractivity contribution in [3.8, 4) is 5.75 Å². The molecule has 110 valence electrons. The molecule has 0 radical (unpaired) electrons. The summed E-state index contributed by atoms with van der Waals surface area (Å²) in [5.74, 6) is 1.53. The van der Waals surface area contributed by atoms with Crippen LogP contribution in [0.5, 0.6) is 5.75 Å². The molecule has 1 atom stereocenters. The van der Waals surface area contributed by atoms with Crippen LogP contribution in [0.15, 0.2) is 42.5 Å². The summed E-state index contributed by atoms with van der Waals surface area (Å²) in [5, 5.41) is 3.64. The Balaban J connectivity index is 1.94. The Labute approximate surface area is 127 Å². The van der Waals surface area contributed by atoms with Gasteiger partial charge in [-0.25, -0.2) is 0 Å². The molecule has 0 bridgehead atoms. The highest BCUT2D eigenvalue weighted by Crippen LogP contribution is 2.31. The van der Waals surface area contributed by atoms with E-state index >= 15 is 0 Å². The Kier molecular flexibility index (Phi) is 3.98. The highest BCUT2D eigenvalue weighted by molar-refractivity contribution is 5.44. The van der Waals surface area contributed by atoms with E-state index in [0.717, 1.165) is 18.7 Å². The summed E-state index contributed by atoms with van der Waals surface area (Å²) in [5.41, 5.74) is 5.50. The smallest absolute Gasteiger partial charge is 0.119 e. The third kappa shape index (κ3) is 2.81. The van der Waals surface area contributed by atoms with Crippen molar-refractivity contribution in [3.63, 3.8) is 0 Å². The number of rotatable bonds is 3. The van der Waals surface area contributed by atoms with Crippen molar-refractivity contribution in [2.24, 2.45) is 0 Å². The molecule has 21 heavy (non-hydrogen) atoms. The lowest BCUT2D eigenvalue weighted by molar-refractivity contribution is 0.413. The van der Waals surface area contributed by atoms with Crippen molar-refractivity contribution < 1.29 is 4.74 Å². The van der Waals surface area contributed by atoms with Gasteiger partial charge in [0.15, 0.2) is 0 Å². The van der Waals surface area contributed by atoms with Gasteiger partial charge < -0.3 is 10.1 Å². The van der Waals surface area contributed by atoms with Crippen LogP contribution in [0.3, 0.4) is 0 Å². The minimum atomic E-state index is 0.292. The van der Waals surface area contributed by atoms with Crippen molar-refractivity contribution in [2.45, 2.75) is 32.2 Å². The molecule has 0 amide bonds. The van der Waals surface area contributed by atoms with Gasteiger partial charge in [0.1, 0.15) is 5.75 Å². The van der Waals surface area contributed by atoms with Crippen LogP contribution in [-0.2, 0) is 6.42 Å². The topological polar surface area (TPSA) is 21.3 Å². The van der Waals surface area contributed by atoms with E-state index in [1.54, 1.807) is 7.11 Å². The van der Waals surface area contributed by atoms with Crippen molar-refractivity contribution in [3.05, 3.63) is 64.7 Å². The molecular formula is C19H23NO. The number of hydrogen-bond donors (Lipinski definition) is 1. The van der Waals surface area contributed by atoms with Gasteiger partial charge in [-0.05, 0) is 46.7 Å². The molecule has 0 spiro atoms. The van der Waals surface area contributed by atoms with Crippen molar-refractivity contribution >= 4 is 0 Å². The highest BCUT2D eigenvalue weighted by atomic mass is 16.5. The molecule has 1 heterocycles. The van der Waals surface area contributed by atoms with E-state index in [1.165, 1.54) is 22.3 Å². The number of benzene rings is 2. The van der Waals surface area contributed by atoms with E-state index in [4.69, 9.17) is 4.74 Å². The van der Waals surface area contributed by atoms with Crippen molar-refractivity contribution in [2.75, 3.05) is 13.7 Å². The molecule has 0 aliphatic carbocycles. The second kappa shape index (κ2) is 5.90. The molecule has 2 nitrogen and oxygen atoms in total. The third-order valence-electron chi connectivity index (χ3n) is 4.34. The summed E-state index contributed by atoms with van der Waals surface area (Å²) in [6.07, 6.45) is 1.06. The summed E-state index contributed by atoms with van der Waals surface area (Å²) < 4.78 is 5.34. The third-order valence-corrected chi connectivity index (χ3v) is 4.34. The van der Waals surface area contributed by atoms with Gasteiger partial charge in [0.25, 0.3) is 0 Å². The van der Waals surface area contributed by atoms with Crippen LogP contribution in [0.1, 0.15) is 48.1 Å².